The minimum Gasteiger partial charge on any atom is -0.462 e. The van der Waals surface area contributed by atoms with Crippen LogP contribution in [0.25, 0.3) is 0 Å². The van der Waals surface area contributed by atoms with Gasteiger partial charge in [0.15, 0.2) is 0 Å². The van der Waals surface area contributed by atoms with Crippen LogP contribution in [-0.2, 0) is 4.74 Å². The summed E-state index contributed by atoms with van der Waals surface area (Å²) in [5.74, 6) is 0.0703. The molecule has 0 radical (unpaired) electrons. The summed E-state index contributed by atoms with van der Waals surface area (Å²) in [6, 6.07) is 9.97. The van der Waals surface area contributed by atoms with E-state index < -0.39 is 0 Å². The number of carbonyl (C=O) groups excluding carboxylic acids is 2. The first-order chi connectivity index (χ1) is 12.1. The van der Waals surface area contributed by atoms with Crippen molar-refractivity contribution in [2.75, 3.05) is 23.8 Å². The molecule has 2 N–H and O–H groups in total. The molecule has 0 aliphatic carbocycles. The maximum Gasteiger partial charge on any atom is 0.338 e. The van der Waals surface area contributed by atoms with Gasteiger partial charge >= 0.3 is 5.97 Å². The first-order valence-electron chi connectivity index (χ1n) is 8.42. The van der Waals surface area contributed by atoms with Gasteiger partial charge in [0.25, 0.3) is 5.91 Å². The molecule has 2 aromatic rings. The quantitative estimate of drug-likeness (QED) is 0.565. The Morgan fingerprint density at radius 1 is 1.08 bits per heavy atom. The molecule has 1 aromatic carbocycles. The third-order valence-corrected chi connectivity index (χ3v) is 3.51. The number of benzene rings is 1. The lowest BCUT2D eigenvalue weighted by molar-refractivity contribution is 0.0526. The Morgan fingerprint density at radius 3 is 2.52 bits per heavy atom. The molecule has 0 saturated heterocycles. The number of esters is 1. The van der Waals surface area contributed by atoms with Gasteiger partial charge in [0, 0.05) is 24.0 Å². The standard InChI is InChI=1S/C19H23N3O3/c1-3-5-11-20-17-13-15(10-12-21-17)18(23)22-16-8-6-14(7-9-16)19(24)25-4-2/h6-10,12-13H,3-5,11H2,1-2H3,(H,20,21)(H,22,23). The van der Waals surface area contributed by atoms with E-state index in [1.165, 1.54) is 0 Å². The van der Waals surface area contributed by atoms with Crippen molar-refractivity contribution in [1.82, 2.24) is 4.98 Å². The lowest BCUT2D eigenvalue weighted by Crippen LogP contribution is -2.13. The highest BCUT2D eigenvalue weighted by Gasteiger charge is 2.09. The Bertz CT molecular complexity index is 714. The molecule has 25 heavy (non-hydrogen) atoms. The average molecular weight is 341 g/mol. The van der Waals surface area contributed by atoms with Crippen molar-refractivity contribution in [3.63, 3.8) is 0 Å². The second kappa shape index (κ2) is 9.42. The largest absolute Gasteiger partial charge is 0.462 e. The Morgan fingerprint density at radius 2 is 1.84 bits per heavy atom. The molecule has 0 fully saturated rings. The monoisotopic (exact) mass is 341 g/mol. The molecule has 1 heterocycles. The topological polar surface area (TPSA) is 80.3 Å². The van der Waals surface area contributed by atoms with Crippen molar-refractivity contribution in [2.24, 2.45) is 0 Å². The first-order valence-corrected chi connectivity index (χ1v) is 8.42. The van der Waals surface area contributed by atoms with Gasteiger partial charge in [0.1, 0.15) is 5.82 Å². The lowest BCUT2D eigenvalue weighted by Gasteiger charge is -2.08. The van der Waals surface area contributed by atoms with E-state index >= 15 is 0 Å². The lowest BCUT2D eigenvalue weighted by atomic mass is 10.2. The fraction of sp³-hybridized carbons (Fsp3) is 0.316. The molecule has 0 aliphatic heterocycles. The summed E-state index contributed by atoms with van der Waals surface area (Å²) in [4.78, 5) is 28.2. The number of amides is 1. The zero-order chi connectivity index (χ0) is 18.1. The Labute approximate surface area is 147 Å². The van der Waals surface area contributed by atoms with Gasteiger partial charge in [-0.05, 0) is 49.7 Å². The molecule has 132 valence electrons. The third-order valence-electron chi connectivity index (χ3n) is 3.51. The fourth-order valence-electron chi connectivity index (χ4n) is 2.17. The number of pyridine rings is 1. The highest BCUT2D eigenvalue weighted by molar-refractivity contribution is 6.04. The summed E-state index contributed by atoms with van der Waals surface area (Å²) < 4.78 is 4.93. The van der Waals surface area contributed by atoms with Crippen LogP contribution in [0.4, 0.5) is 11.5 Å². The van der Waals surface area contributed by atoms with E-state index in [1.807, 2.05) is 0 Å². The number of nitrogens with one attached hydrogen (secondary N) is 2. The second-order valence-electron chi connectivity index (χ2n) is 5.46. The van der Waals surface area contributed by atoms with E-state index in [2.05, 4.69) is 22.5 Å². The van der Waals surface area contributed by atoms with Gasteiger partial charge in [-0.1, -0.05) is 13.3 Å². The van der Waals surface area contributed by atoms with Crippen LogP contribution in [-0.4, -0.2) is 30.0 Å². The van der Waals surface area contributed by atoms with Crippen LogP contribution in [0, 0.1) is 0 Å². The predicted molar refractivity (Wildman–Crippen MR) is 98.0 cm³/mol. The number of carbonyl (C=O) groups is 2. The average Bonchev–Trinajstić information content (AvgIpc) is 2.63. The van der Waals surface area contributed by atoms with Crippen LogP contribution in [0.2, 0.25) is 0 Å². The SMILES string of the molecule is CCCCNc1cc(C(=O)Nc2ccc(C(=O)OCC)cc2)ccn1. The van der Waals surface area contributed by atoms with Gasteiger partial charge in [-0.25, -0.2) is 9.78 Å². The first kappa shape index (κ1) is 18.4. The number of ether oxygens (including phenoxy) is 1. The Hall–Kier alpha value is -2.89. The van der Waals surface area contributed by atoms with Crippen LogP contribution in [0.1, 0.15) is 47.4 Å². The predicted octanol–water partition coefficient (Wildman–Crippen LogP) is 3.72. The van der Waals surface area contributed by atoms with E-state index in [4.69, 9.17) is 4.74 Å². The fourth-order valence-corrected chi connectivity index (χ4v) is 2.17. The van der Waals surface area contributed by atoms with Crippen molar-refractivity contribution in [3.05, 3.63) is 53.7 Å². The van der Waals surface area contributed by atoms with E-state index in [1.54, 1.807) is 49.5 Å². The summed E-state index contributed by atoms with van der Waals surface area (Å²) in [5, 5.41) is 6.00. The van der Waals surface area contributed by atoms with Crippen molar-refractivity contribution in [1.29, 1.82) is 0 Å². The zero-order valence-corrected chi connectivity index (χ0v) is 14.5. The maximum atomic E-state index is 12.4. The number of unbranched alkanes of at least 4 members (excludes halogenated alkanes) is 1. The molecular weight excluding hydrogens is 318 g/mol. The number of rotatable bonds is 8. The smallest absolute Gasteiger partial charge is 0.338 e. The Kier molecular flexibility index (Phi) is 6.95. The molecule has 6 heteroatoms. The van der Waals surface area contributed by atoms with Crippen LogP contribution in [0.15, 0.2) is 42.6 Å². The van der Waals surface area contributed by atoms with Crippen molar-refractivity contribution in [2.45, 2.75) is 26.7 Å². The zero-order valence-electron chi connectivity index (χ0n) is 14.5. The van der Waals surface area contributed by atoms with Gasteiger partial charge in [-0.3, -0.25) is 4.79 Å². The highest BCUT2D eigenvalue weighted by atomic mass is 16.5. The van der Waals surface area contributed by atoms with E-state index in [0.29, 0.717) is 29.2 Å². The van der Waals surface area contributed by atoms with Crippen molar-refractivity contribution < 1.29 is 14.3 Å². The number of anilines is 2. The maximum absolute atomic E-state index is 12.4. The van der Waals surface area contributed by atoms with Crippen molar-refractivity contribution >= 4 is 23.4 Å². The van der Waals surface area contributed by atoms with Crippen LogP contribution >= 0.6 is 0 Å². The molecule has 2 rings (SSSR count). The molecule has 0 atom stereocenters. The second-order valence-corrected chi connectivity index (χ2v) is 5.46. The molecule has 1 amide bonds. The minimum absolute atomic E-state index is 0.232. The molecule has 0 aliphatic rings. The van der Waals surface area contributed by atoms with E-state index in [-0.39, 0.29) is 11.9 Å². The molecule has 0 bridgehead atoms. The van der Waals surface area contributed by atoms with Crippen LogP contribution < -0.4 is 10.6 Å². The Balaban J connectivity index is 1.99. The van der Waals surface area contributed by atoms with Gasteiger partial charge in [0.05, 0.1) is 12.2 Å². The normalized spacial score (nSPS) is 10.2. The molecule has 1 aromatic heterocycles. The van der Waals surface area contributed by atoms with Gasteiger partial charge in [-0.2, -0.15) is 0 Å². The summed E-state index contributed by atoms with van der Waals surface area (Å²) in [6.07, 6.45) is 3.74. The van der Waals surface area contributed by atoms with Gasteiger partial charge in [0.2, 0.25) is 0 Å². The minimum atomic E-state index is -0.377. The third kappa shape index (κ3) is 5.60. The number of hydrogen-bond acceptors (Lipinski definition) is 5. The number of nitrogens with zero attached hydrogens (tertiary/aromatic N) is 1. The highest BCUT2D eigenvalue weighted by Crippen LogP contribution is 2.14. The summed E-state index contributed by atoms with van der Waals surface area (Å²) in [6.45, 7) is 5.02. The van der Waals surface area contributed by atoms with Crippen LogP contribution in [0.3, 0.4) is 0 Å². The molecule has 0 unspecified atom stereocenters. The van der Waals surface area contributed by atoms with E-state index in [9.17, 15) is 9.59 Å². The van der Waals surface area contributed by atoms with E-state index in [0.717, 1.165) is 19.4 Å². The van der Waals surface area contributed by atoms with Gasteiger partial charge in [-0.15, -0.1) is 0 Å². The summed E-state index contributed by atoms with van der Waals surface area (Å²) >= 11 is 0. The summed E-state index contributed by atoms with van der Waals surface area (Å²) in [5.41, 5.74) is 1.57. The van der Waals surface area contributed by atoms with Crippen molar-refractivity contribution in [3.8, 4) is 0 Å². The summed E-state index contributed by atoms with van der Waals surface area (Å²) in [7, 11) is 0. The molecule has 0 spiro atoms. The molecule has 6 nitrogen and oxygen atoms in total. The number of aromatic nitrogens is 1. The van der Waals surface area contributed by atoms with Crippen LogP contribution in [0.5, 0.6) is 0 Å². The molecule has 0 saturated carbocycles. The molecular formula is C19H23N3O3. The number of hydrogen-bond donors (Lipinski definition) is 2. The van der Waals surface area contributed by atoms with Gasteiger partial charge < -0.3 is 15.4 Å².